The monoisotopic (exact) mass is 356 g/mol. The van der Waals surface area contributed by atoms with E-state index in [1.165, 1.54) is 12.1 Å². The molecule has 0 fully saturated rings. The molecule has 0 bridgehead atoms. The van der Waals surface area contributed by atoms with E-state index in [1.54, 1.807) is 60.3 Å². The lowest BCUT2D eigenvalue weighted by Gasteiger charge is -2.09. The third-order valence-corrected chi connectivity index (χ3v) is 4.84. The summed E-state index contributed by atoms with van der Waals surface area (Å²) in [5.74, 6) is -0.570. The zero-order valence-corrected chi connectivity index (χ0v) is 14.6. The Labute approximate surface area is 147 Å². The predicted molar refractivity (Wildman–Crippen MR) is 97.5 cm³/mol. The van der Waals surface area contributed by atoms with Gasteiger partial charge in [-0.3, -0.25) is 9.00 Å². The molecule has 0 unspecified atom stereocenters. The highest BCUT2D eigenvalue weighted by molar-refractivity contribution is 7.84. The summed E-state index contributed by atoms with van der Waals surface area (Å²) in [7, 11) is 0.670. The maximum absolute atomic E-state index is 13.1. The van der Waals surface area contributed by atoms with Crippen molar-refractivity contribution in [1.82, 2.24) is 4.57 Å². The molecular weight excluding hydrogens is 339 g/mol. The number of carbonyl (C=O) groups is 1. The van der Waals surface area contributed by atoms with Gasteiger partial charge in [-0.25, -0.2) is 4.39 Å². The van der Waals surface area contributed by atoms with E-state index in [-0.39, 0.29) is 11.7 Å². The van der Waals surface area contributed by atoms with Gasteiger partial charge in [-0.15, -0.1) is 0 Å². The number of rotatable bonds is 4. The van der Waals surface area contributed by atoms with E-state index < -0.39 is 10.8 Å². The van der Waals surface area contributed by atoms with Crippen molar-refractivity contribution in [2.45, 2.75) is 4.90 Å². The van der Waals surface area contributed by atoms with Crippen LogP contribution in [0.15, 0.2) is 65.6 Å². The normalized spacial score (nSPS) is 12.0. The van der Waals surface area contributed by atoms with Crippen molar-refractivity contribution in [2.24, 2.45) is 7.05 Å². The first kappa shape index (κ1) is 17.1. The largest absolute Gasteiger partial charge is 0.340 e. The van der Waals surface area contributed by atoms with Crippen molar-refractivity contribution in [2.75, 3.05) is 11.6 Å². The summed E-state index contributed by atoms with van der Waals surface area (Å²) in [5, 5.41) is 2.81. The van der Waals surface area contributed by atoms with Crippen LogP contribution in [0.1, 0.15) is 10.5 Å². The molecule has 0 spiro atoms. The number of amides is 1. The van der Waals surface area contributed by atoms with E-state index in [4.69, 9.17) is 0 Å². The molecular formula is C19H17FN2O2S. The van der Waals surface area contributed by atoms with Gasteiger partial charge in [0.05, 0.1) is 0 Å². The maximum atomic E-state index is 13.1. The number of carbonyl (C=O) groups excluding carboxylic acids is 1. The van der Waals surface area contributed by atoms with Gasteiger partial charge >= 0.3 is 0 Å². The van der Waals surface area contributed by atoms with Crippen LogP contribution in [0.4, 0.5) is 10.1 Å². The third kappa shape index (κ3) is 3.69. The Balaban J connectivity index is 1.85. The van der Waals surface area contributed by atoms with Gasteiger partial charge in [0.2, 0.25) is 0 Å². The smallest absolute Gasteiger partial charge is 0.272 e. The van der Waals surface area contributed by atoms with Gasteiger partial charge in [0.15, 0.2) is 0 Å². The van der Waals surface area contributed by atoms with Crippen molar-refractivity contribution in [3.05, 3.63) is 72.2 Å². The van der Waals surface area contributed by atoms with Gasteiger partial charge < -0.3 is 9.88 Å². The van der Waals surface area contributed by atoms with Crippen LogP contribution in [0.25, 0.3) is 11.3 Å². The van der Waals surface area contributed by atoms with Crippen molar-refractivity contribution < 1.29 is 13.4 Å². The van der Waals surface area contributed by atoms with Crippen LogP contribution in [0.2, 0.25) is 0 Å². The van der Waals surface area contributed by atoms with E-state index in [0.717, 1.165) is 11.3 Å². The molecule has 1 atom stereocenters. The Morgan fingerprint density at radius 1 is 1.08 bits per heavy atom. The molecule has 3 aromatic rings. The molecule has 0 radical (unpaired) electrons. The average molecular weight is 356 g/mol. The SMILES string of the molecule is Cn1c(C(=O)Nc2cccc([S@](C)=O)c2)ccc1-c1ccc(F)cc1. The van der Waals surface area contributed by atoms with Gasteiger partial charge in [-0.05, 0) is 60.2 Å². The lowest BCUT2D eigenvalue weighted by atomic mass is 10.1. The Morgan fingerprint density at radius 3 is 2.48 bits per heavy atom. The Bertz CT molecular complexity index is 948. The van der Waals surface area contributed by atoms with Gasteiger partial charge in [0.25, 0.3) is 5.91 Å². The molecule has 3 rings (SSSR count). The van der Waals surface area contributed by atoms with E-state index in [2.05, 4.69) is 5.32 Å². The molecule has 1 amide bonds. The maximum Gasteiger partial charge on any atom is 0.272 e. The van der Waals surface area contributed by atoms with Crippen LogP contribution in [0.5, 0.6) is 0 Å². The van der Waals surface area contributed by atoms with E-state index >= 15 is 0 Å². The van der Waals surface area contributed by atoms with Crippen molar-refractivity contribution in [3.8, 4) is 11.3 Å². The Hall–Kier alpha value is -2.73. The Morgan fingerprint density at radius 2 is 1.80 bits per heavy atom. The minimum atomic E-state index is -1.11. The van der Waals surface area contributed by atoms with Crippen LogP contribution < -0.4 is 5.32 Å². The second kappa shape index (κ2) is 7.03. The van der Waals surface area contributed by atoms with Crippen molar-refractivity contribution in [1.29, 1.82) is 0 Å². The fourth-order valence-corrected chi connectivity index (χ4v) is 3.16. The summed E-state index contributed by atoms with van der Waals surface area (Å²) in [5.41, 5.74) is 2.70. The molecule has 0 aliphatic rings. The van der Waals surface area contributed by atoms with Crippen LogP contribution in [0.3, 0.4) is 0 Å². The Kier molecular flexibility index (Phi) is 4.81. The summed E-state index contributed by atoms with van der Waals surface area (Å²) in [6, 6.07) is 16.6. The van der Waals surface area contributed by atoms with Crippen LogP contribution in [-0.2, 0) is 17.8 Å². The molecule has 128 valence electrons. The topological polar surface area (TPSA) is 51.1 Å². The first-order chi connectivity index (χ1) is 12.0. The third-order valence-electron chi connectivity index (χ3n) is 3.92. The molecule has 0 saturated heterocycles. The molecule has 1 N–H and O–H groups in total. The highest BCUT2D eigenvalue weighted by Gasteiger charge is 2.14. The molecule has 25 heavy (non-hydrogen) atoms. The fraction of sp³-hybridized carbons (Fsp3) is 0.105. The molecule has 1 heterocycles. The summed E-state index contributed by atoms with van der Waals surface area (Å²) >= 11 is 0. The number of halogens is 1. The number of anilines is 1. The first-order valence-corrected chi connectivity index (χ1v) is 9.18. The summed E-state index contributed by atoms with van der Waals surface area (Å²) < 4.78 is 26.4. The number of hydrogen-bond donors (Lipinski definition) is 1. The van der Waals surface area contributed by atoms with Crippen molar-refractivity contribution >= 4 is 22.4 Å². The van der Waals surface area contributed by atoms with Gasteiger partial charge in [-0.2, -0.15) is 0 Å². The molecule has 0 aliphatic heterocycles. The standard InChI is InChI=1S/C19H17FN2O2S/c1-22-17(13-6-8-14(20)9-7-13)10-11-18(22)19(23)21-15-4-3-5-16(12-15)25(2)24/h3-12H,1-2H3,(H,21,23)/t25-/m0/s1. The quantitative estimate of drug-likeness (QED) is 0.773. The minimum Gasteiger partial charge on any atom is -0.340 e. The zero-order valence-electron chi connectivity index (χ0n) is 13.8. The van der Waals surface area contributed by atoms with E-state index in [1.807, 2.05) is 6.07 Å². The number of aromatic nitrogens is 1. The molecule has 6 heteroatoms. The number of nitrogens with one attached hydrogen (secondary N) is 1. The number of nitrogens with zero attached hydrogens (tertiary/aromatic N) is 1. The zero-order chi connectivity index (χ0) is 18.0. The number of hydrogen-bond acceptors (Lipinski definition) is 2. The summed E-state index contributed by atoms with van der Waals surface area (Å²) in [6.07, 6.45) is 1.59. The van der Waals surface area contributed by atoms with Gasteiger partial charge in [0.1, 0.15) is 11.5 Å². The molecule has 1 aromatic heterocycles. The van der Waals surface area contributed by atoms with Gasteiger partial charge in [0, 0.05) is 40.4 Å². The van der Waals surface area contributed by atoms with E-state index in [0.29, 0.717) is 16.3 Å². The lowest BCUT2D eigenvalue weighted by Crippen LogP contribution is -2.16. The molecule has 4 nitrogen and oxygen atoms in total. The fourth-order valence-electron chi connectivity index (χ4n) is 2.60. The highest BCUT2D eigenvalue weighted by Crippen LogP contribution is 2.23. The minimum absolute atomic E-state index is 0.269. The summed E-state index contributed by atoms with van der Waals surface area (Å²) in [6.45, 7) is 0. The second-order valence-corrected chi connectivity index (χ2v) is 6.99. The first-order valence-electron chi connectivity index (χ1n) is 7.62. The summed E-state index contributed by atoms with van der Waals surface area (Å²) in [4.78, 5) is 13.2. The highest BCUT2D eigenvalue weighted by atomic mass is 32.2. The second-order valence-electron chi connectivity index (χ2n) is 5.61. The van der Waals surface area contributed by atoms with Crippen LogP contribution >= 0.6 is 0 Å². The molecule has 2 aromatic carbocycles. The number of benzene rings is 2. The van der Waals surface area contributed by atoms with Crippen LogP contribution in [0, 0.1) is 5.82 Å². The van der Waals surface area contributed by atoms with Crippen LogP contribution in [-0.4, -0.2) is 20.9 Å². The predicted octanol–water partition coefficient (Wildman–Crippen LogP) is 3.82. The molecule has 0 aliphatic carbocycles. The van der Waals surface area contributed by atoms with Crippen molar-refractivity contribution in [3.63, 3.8) is 0 Å². The molecule has 0 saturated carbocycles. The van der Waals surface area contributed by atoms with Gasteiger partial charge in [-0.1, -0.05) is 6.07 Å². The average Bonchev–Trinajstić information content (AvgIpc) is 2.97. The van der Waals surface area contributed by atoms with E-state index in [9.17, 15) is 13.4 Å². The lowest BCUT2D eigenvalue weighted by molar-refractivity contribution is 0.101.